The van der Waals surface area contributed by atoms with Gasteiger partial charge in [-0.3, -0.25) is 0 Å². The van der Waals surface area contributed by atoms with E-state index in [0.717, 1.165) is 24.8 Å². The quantitative estimate of drug-likeness (QED) is 0.890. The summed E-state index contributed by atoms with van der Waals surface area (Å²) in [6.45, 7) is 7.48. The van der Waals surface area contributed by atoms with Crippen LogP contribution in [0.2, 0.25) is 0 Å². The van der Waals surface area contributed by atoms with Crippen LogP contribution in [0.1, 0.15) is 44.7 Å². The molecule has 2 heteroatoms. The van der Waals surface area contributed by atoms with Crippen LogP contribution in [-0.4, -0.2) is 18.2 Å². The van der Waals surface area contributed by atoms with E-state index in [1.807, 2.05) is 0 Å². The summed E-state index contributed by atoms with van der Waals surface area (Å²) in [5.74, 6) is 1.08. The fraction of sp³-hybridized carbons (Fsp3) is 0.529. The molecule has 1 aromatic rings. The van der Waals surface area contributed by atoms with Gasteiger partial charge >= 0.3 is 0 Å². The molecule has 0 bridgehead atoms. The number of benzene rings is 1. The highest BCUT2D eigenvalue weighted by atomic mass is 16.5. The molecule has 2 nitrogen and oxygen atoms in total. The zero-order valence-electron chi connectivity index (χ0n) is 12.1. The number of hydrogen-bond donors (Lipinski definition) is 1. The molecule has 1 N–H and O–H groups in total. The monoisotopic (exact) mass is 257 g/mol. The number of fused-ring (bicyclic) bond motifs is 1. The molecular formula is C17H23NO. The van der Waals surface area contributed by atoms with Crippen molar-refractivity contribution in [3.63, 3.8) is 0 Å². The lowest BCUT2D eigenvalue weighted by molar-refractivity contribution is 0.138. The van der Waals surface area contributed by atoms with Gasteiger partial charge < -0.3 is 10.1 Å². The number of ether oxygens (including phenoxy) is 1. The van der Waals surface area contributed by atoms with E-state index in [1.54, 1.807) is 0 Å². The maximum absolute atomic E-state index is 6.10. The summed E-state index contributed by atoms with van der Waals surface area (Å²) in [6.07, 6.45) is 5.94. The molecule has 0 radical (unpaired) electrons. The standard InChI is InChI=1S/C17H23NO/c1-12(11-18-15-7-8-15)9-13-5-4-6-14-10-17(2,3)19-16(13)14/h4-6,9,15,18H,7-8,10-11H2,1-3H3. The average Bonchev–Trinajstić information content (AvgIpc) is 3.09. The van der Waals surface area contributed by atoms with Gasteiger partial charge in [-0.2, -0.15) is 0 Å². The summed E-state index contributed by atoms with van der Waals surface area (Å²) >= 11 is 0. The Morgan fingerprint density at radius 3 is 2.95 bits per heavy atom. The number of rotatable bonds is 4. The molecule has 1 aliphatic carbocycles. The van der Waals surface area contributed by atoms with E-state index in [-0.39, 0.29) is 5.60 Å². The summed E-state index contributed by atoms with van der Waals surface area (Å²) in [4.78, 5) is 0. The average molecular weight is 257 g/mol. The largest absolute Gasteiger partial charge is 0.487 e. The van der Waals surface area contributed by atoms with Crippen molar-refractivity contribution in [1.29, 1.82) is 0 Å². The first kappa shape index (κ1) is 12.7. The van der Waals surface area contributed by atoms with E-state index in [1.165, 1.54) is 29.5 Å². The predicted octanol–water partition coefficient (Wildman–Crippen LogP) is 3.56. The maximum Gasteiger partial charge on any atom is 0.130 e. The van der Waals surface area contributed by atoms with Crippen molar-refractivity contribution in [2.24, 2.45) is 0 Å². The lowest BCUT2D eigenvalue weighted by atomic mass is 10.00. The predicted molar refractivity (Wildman–Crippen MR) is 79.5 cm³/mol. The SMILES string of the molecule is CC(=Cc1cccc2c1OC(C)(C)C2)CNC1CC1. The van der Waals surface area contributed by atoms with Crippen LogP contribution in [0, 0.1) is 0 Å². The van der Waals surface area contributed by atoms with Gasteiger partial charge in [0.05, 0.1) is 0 Å². The van der Waals surface area contributed by atoms with Gasteiger partial charge in [0.15, 0.2) is 0 Å². The van der Waals surface area contributed by atoms with Gasteiger partial charge in [0.25, 0.3) is 0 Å². The molecule has 102 valence electrons. The van der Waals surface area contributed by atoms with Crippen LogP contribution in [0.5, 0.6) is 5.75 Å². The molecule has 1 fully saturated rings. The van der Waals surface area contributed by atoms with E-state index in [0.29, 0.717) is 0 Å². The second-order valence-electron chi connectivity index (χ2n) is 6.52. The molecule has 1 saturated carbocycles. The Kier molecular flexibility index (Phi) is 3.14. The summed E-state index contributed by atoms with van der Waals surface area (Å²) in [5, 5.41) is 3.55. The number of para-hydroxylation sites is 1. The zero-order valence-corrected chi connectivity index (χ0v) is 12.1. The minimum absolute atomic E-state index is 0.0631. The van der Waals surface area contributed by atoms with Gasteiger partial charge in [0, 0.05) is 24.6 Å². The first-order valence-corrected chi connectivity index (χ1v) is 7.25. The molecule has 0 amide bonds. The Labute approximate surface area is 115 Å². The first-order chi connectivity index (χ1) is 9.03. The van der Waals surface area contributed by atoms with Crippen LogP contribution >= 0.6 is 0 Å². The molecule has 0 atom stereocenters. The van der Waals surface area contributed by atoms with Gasteiger partial charge in [-0.1, -0.05) is 29.8 Å². The van der Waals surface area contributed by atoms with Crippen molar-refractivity contribution in [3.05, 3.63) is 34.9 Å². The lowest BCUT2D eigenvalue weighted by Crippen LogP contribution is -2.24. The molecule has 3 rings (SSSR count). The van der Waals surface area contributed by atoms with Crippen LogP contribution < -0.4 is 10.1 Å². The van der Waals surface area contributed by atoms with Crippen LogP contribution in [0.3, 0.4) is 0 Å². The van der Waals surface area contributed by atoms with Gasteiger partial charge in [0.2, 0.25) is 0 Å². The third kappa shape index (κ3) is 3.01. The van der Waals surface area contributed by atoms with E-state index in [9.17, 15) is 0 Å². The summed E-state index contributed by atoms with van der Waals surface area (Å²) in [7, 11) is 0. The van der Waals surface area contributed by atoms with E-state index < -0.39 is 0 Å². The van der Waals surface area contributed by atoms with Crippen molar-refractivity contribution in [3.8, 4) is 5.75 Å². The Morgan fingerprint density at radius 1 is 1.42 bits per heavy atom. The topological polar surface area (TPSA) is 21.3 Å². The van der Waals surface area contributed by atoms with E-state index in [2.05, 4.69) is 50.4 Å². The third-order valence-corrected chi connectivity index (χ3v) is 3.77. The van der Waals surface area contributed by atoms with Crippen molar-refractivity contribution in [2.45, 2.75) is 51.7 Å². The minimum atomic E-state index is -0.0631. The summed E-state index contributed by atoms with van der Waals surface area (Å²) < 4.78 is 6.10. The normalized spacial score (nSPS) is 21.1. The molecular weight excluding hydrogens is 234 g/mol. The highest BCUT2D eigenvalue weighted by Gasteiger charge is 2.31. The first-order valence-electron chi connectivity index (χ1n) is 7.25. The third-order valence-electron chi connectivity index (χ3n) is 3.77. The van der Waals surface area contributed by atoms with Crippen molar-refractivity contribution in [1.82, 2.24) is 5.32 Å². The van der Waals surface area contributed by atoms with Gasteiger partial charge in [-0.15, -0.1) is 0 Å². The Bertz CT molecular complexity index is 512. The van der Waals surface area contributed by atoms with Gasteiger partial charge in [-0.05, 0) is 39.2 Å². The van der Waals surface area contributed by atoms with Crippen molar-refractivity contribution >= 4 is 6.08 Å². The molecule has 0 aromatic heterocycles. The van der Waals surface area contributed by atoms with E-state index in [4.69, 9.17) is 4.74 Å². The van der Waals surface area contributed by atoms with Crippen LogP contribution in [0.4, 0.5) is 0 Å². The Morgan fingerprint density at radius 2 is 2.21 bits per heavy atom. The zero-order chi connectivity index (χ0) is 13.5. The number of nitrogens with one attached hydrogen (secondary N) is 1. The van der Waals surface area contributed by atoms with Gasteiger partial charge in [-0.25, -0.2) is 0 Å². The Hall–Kier alpha value is -1.28. The smallest absolute Gasteiger partial charge is 0.130 e. The summed E-state index contributed by atoms with van der Waals surface area (Å²) in [6, 6.07) is 7.23. The fourth-order valence-electron chi connectivity index (χ4n) is 2.66. The second kappa shape index (κ2) is 4.68. The Balaban J connectivity index is 1.78. The van der Waals surface area contributed by atoms with Gasteiger partial charge in [0.1, 0.15) is 11.4 Å². The van der Waals surface area contributed by atoms with Crippen molar-refractivity contribution < 1.29 is 4.74 Å². The minimum Gasteiger partial charge on any atom is -0.487 e. The lowest BCUT2D eigenvalue weighted by Gasteiger charge is -2.17. The summed E-state index contributed by atoms with van der Waals surface area (Å²) in [5.41, 5.74) is 3.86. The molecule has 19 heavy (non-hydrogen) atoms. The van der Waals surface area contributed by atoms with Crippen molar-refractivity contribution in [2.75, 3.05) is 6.54 Å². The second-order valence-corrected chi connectivity index (χ2v) is 6.52. The molecule has 1 aliphatic heterocycles. The fourth-order valence-corrected chi connectivity index (χ4v) is 2.66. The molecule has 1 aromatic carbocycles. The van der Waals surface area contributed by atoms with Crippen LogP contribution in [0.15, 0.2) is 23.8 Å². The maximum atomic E-state index is 6.10. The molecule has 2 aliphatic rings. The van der Waals surface area contributed by atoms with E-state index >= 15 is 0 Å². The highest BCUT2D eigenvalue weighted by Crippen LogP contribution is 2.38. The highest BCUT2D eigenvalue weighted by molar-refractivity contribution is 5.63. The van der Waals surface area contributed by atoms with Crippen LogP contribution in [0.25, 0.3) is 6.08 Å². The van der Waals surface area contributed by atoms with Crippen LogP contribution in [-0.2, 0) is 6.42 Å². The molecule has 0 unspecified atom stereocenters. The number of hydrogen-bond acceptors (Lipinski definition) is 2. The molecule has 1 heterocycles. The molecule has 0 spiro atoms. The molecule has 0 saturated heterocycles.